The normalized spacial score (nSPS) is 19.5. The third-order valence-electron chi connectivity index (χ3n) is 3.42. The lowest BCUT2D eigenvalue weighted by molar-refractivity contribution is 0.0549. The molecule has 0 aliphatic carbocycles. The number of aryl methyl sites for hydroxylation is 2. The van der Waals surface area contributed by atoms with E-state index < -0.39 is 15.6 Å². The van der Waals surface area contributed by atoms with Gasteiger partial charge in [0.25, 0.3) is 10.0 Å². The lowest BCUT2D eigenvalue weighted by Crippen LogP contribution is -2.53. The fourth-order valence-corrected chi connectivity index (χ4v) is 3.93. The molecule has 2 heterocycles. The molecule has 0 radical (unpaired) electrons. The number of imidazole rings is 1. The average molecular weight is 308 g/mol. The maximum Gasteiger partial charge on any atom is 0.260 e. The molecule has 19 heavy (non-hydrogen) atoms. The van der Waals surface area contributed by atoms with Crippen LogP contribution >= 0.6 is 11.6 Å². The number of halogens is 1. The van der Waals surface area contributed by atoms with Crippen LogP contribution in [0.4, 0.5) is 0 Å². The van der Waals surface area contributed by atoms with Crippen molar-refractivity contribution in [2.75, 3.05) is 19.1 Å². The van der Waals surface area contributed by atoms with Crippen LogP contribution in [0.15, 0.2) is 11.2 Å². The topological polar surface area (TPSA) is 73.2 Å². The molecule has 1 aromatic heterocycles. The van der Waals surface area contributed by atoms with Gasteiger partial charge < -0.3 is 9.30 Å². The SMILES string of the molecule is Cc1nc(S(=O)(=O)NC2(CCl)CCOCC2)cn1C. The largest absolute Gasteiger partial charge is 0.381 e. The molecule has 0 amide bonds. The van der Waals surface area contributed by atoms with E-state index in [9.17, 15) is 8.42 Å². The first kappa shape index (κ1) is 14.8. The highest BCUT2D eigenvalue weighted by Gasteiger charge is 2.37. The third kappa shape index (κ3) is 3.10. The zero-order valence-corrected chi connectivity index (χ0v) is 12.6. The maximum absolute atomic E-state index is 12.3. The van der Waals surface area contributed by atoms with E-state index in [4.69, 9.17) is 16.3 Å². The molecule has 1 aliphatic heterocycles. The first-order valence-corrected chi connectivity index (χ1v) is 8.08. The van der Waals surface area contributed by atoms with Crippen molar-refractivity contribution in [1.82, 2.24) is 14.3 Å². The molecule has 0 aromatic carbocycles. The fourth-order valence-electron chi connectivity index (χ4n) is 2.02. The molecule has 1 saturated heterocycles. The summed E-state index contributed by atoms with van der Waals surface area (Å²) >= 11 is 5.96. The quantitative estimate of drug-likeness (QED) is 0.835. The van der Waals surface area contributed by atoms with Crippen molar-refractivity contribution in [3.05, 3.63) is 12.0 Å². The van der Waals surface area contributed by atoms with E-state index in [1.165, 1.54) is 6.20 Å². The van der Waals surface area contributed by atoms with Gasteiger partial charge in [-0.3, -0.25) is 0 Å². The summed E-state index contributed by atoms with van der Waals surface area (Å²) in [7, 11) is -1.90. The Labute approximate surface area is 118 Å². The molecule has 1 aromatic rings. The number of alkyl halides is 1. The molecule has 0 bridgehead atoms. The Bertz CT molecular complexity index is 530. The van der Waals surface area contributed by atoms with Gasteiger partial charge in [0, 0.05) is 32.3 Å². The summed E-state index contributed by atoms with van der Waals surface area (Å²) in [5.74, 6) is 0.869. The molecular weight excluding hydrogens is 290 g/mol. The van der Waals surface area contributed by atoms with Gasteiger partial charge in [0.2, 0.25) is 0 Å². The van der Waals surface area contributed by atoms with Gasteiger partial charge in [-0.25, -0.2) is 18.1 Å². The molecular formula is C11H18ClN3O3S. The summed E-state index contributed by atoms with van der Waals surface area (Å²) < 4.78 is 34.3. The number of rotatable bonds is 4. The third-order valence-corrected chi connectivity index (χ3v) is 5.38. The Morgan fingerprint density at radius 2 is 2.16 bits per heavy atom. The van der Waals surface area contributed by atoms with Crippen molar-refractivity contribution in [2.45, 2.75) is 30.3 Å². The molecule has 1 aliphatic rings. The molecule has 2 rings (SSSR count). The highest BCUT2D eigenvalue weighted by molar-refractivity contribution is 7.89. The average Bonchev–Trinajstić information content (AvgIpc) is 2.71. The van der Waals surface area contributed by atoms with Gasteiger partial charge in [-0.15, -0.1) is 11.6 Å². The Morgan fingerprint density at radius 1 is 1.53 bits per heavy atom. The van der Waals surface area contributed by atoms with Gasteiger partial charge in [-0.2, -0.15) is 0 Å². The van der Waals surface area contributed by atoms with E-state index in [0.29, 0.717) is 31.9 Å². The van der Waals surface area contributed by atoms with Crippen LogP contribution < -0.4 is 4.72 Å². The first-order valence-electron chi connectivity index (χ1n) is 6.06. The van der Waals surface area contributed by atoms with E-state index in [-0.39, 0.29) is 10.9 Å². The summed E-state index contributed by atoms with van der Waals surface area (Å²) in [6.45, 7) is 2.78. The highest BCUT2D eigenvalue weighted by atomic mass is 35.5. The van der Waals surface area contributed by atoms with Crippen LogP contribution in [0, 0.1) is 6.92 Å². The number of hydrogen-bond donors (Lipinski definition) is 1. The zero-order valence-electron chi connectivity index (χ0n) is 11.0. The Balaban J connectivity index is 2.24. The number of ether oxygens (including phenoxy) is 1. The lowest BCUT2D eigenvalue weighted by Gasteiger charge is -2.35. The minimum Gasteiger partial charge on any atom is -0.381 e. The van der Waals surface area contributed by atoms with Crippen LogP contribution in [0.3, 0.4) is 0 Å². The molecule has 108 valence electrons. The van der Waals surface area contributed by atoms with Crippen molar-refractivity contribution >= 4 is 21.6 Å². The summed E-state index contributed by atoms with van der Waals surface area (Å²) in [5.41, 5.74) is -0.635. The number of aromatic nitrogens is 2. The number of hydrogen-bond acceptors (Lipinski definition) is 4. The predicted molar refractivity (Wildman–Crippen MR) is 71.8 cm³/mol. The van der Waals surface area contributed by atoms with Gasteiger partial charge in [0.1, 0.15) is 5.82 Å². The predicted octanol–water partition coefficient (Wildman–Crippen LogP) is 0.795. The van der Waals surface area contributed by atoms with Crippen LogP contribution in [-0.2, 0) is 21.8 Å². The number of nitrogens with zero attached hydrogens (tertiary/aromatic N) is 2. The van der Waals surface area contributed by atoms with Crippen molar-refractivity contribution in [1.29, 1.82) is 0 Å². The van der Waals surface area contributed by atoms with Crippen LogP contribution in [-0.4, -0.2) is 42.6 Å². The Kier molecular flexibility index (Phi) is 4.20. The van der Waals surface area contributed by atoms with Gasteiger partial charge in [0.05, 0.1) is 5.54 Å². The van der Waals surface area contributed by atoms with Gasteiger partial charge in [-0.05, 0) is 19.8 Å². The van der Waals surface area contributed by atoms with Gasteiger partial charge in [0.15, 0.2) is 5.03 Å². The van der Waals surface area contributed by atoms with Crippen molar-refractivity contribution in [3.63, 3.8) is 0 Å². The Hall–Kier alpha value is -0.630. The maximum atomic E-state index is 12.3. The molecule has 6 nitrogen and oxygen atoms in total. The van der Waals surface area contributed by atoms with E-state index >= 15 is 0 Å². The second-order valence-corrected chi connectivity index (χ2v) is 6.77. The summed E-state index contributed by atoms with van der Waals surface area (Å²) in [4.78, 5) is 4.05. The minimum absolute atomic E-state index is 0.0310. The summed E-state index contributed by atoms with van der Waals surface area (Å²) in [5, 5.41) is 0.0310. The highest BCUT2D eigenvalue weighted by Crippen LogP contribution is 2.24. The van der Waals surface area contributed by atoms with Crippen molar-refractivity contribution < 1.29 is 13.2 Å². The summed E-state index contributed by atoms with van der Waals surface area (Å²) in [6.07, 6.45) is 2.64. The van der Waals surface area contributed by atoms with Crippen LogP contribution in [0.25, 0.3) is 0 Å². The van der Waals surface area contributed by atoms with Gasteiger partial charge >= 0.3 is 0 Å². The fraction of sp³-hybridized carbons (Fsp3) is 0.727. The first-order chi connectivity index (χ1) is 8.88. The molecule has 1 fully saturated rings. The number of sulfonamides is 1. The van der Waals surface area contributed by atoms with Crippen LogP contribution in [0.5, 0.6) is 0 Å². The van der Waals surface area contributed by atoms with E-state index in [2.05, 4.69) is 9.71 Å². The van der Waals surface area contributed by atoms with Crippen LogP contribution in [0.2, 0.25) is 0 Å². The zero-order chi connectivity index (χ0) is 14.1. The van der Waals surface area contributed by atoms with E-state index in [0.717, 1.165) is 0 Å². The smallest absolute Gasteiger partial charge is 0.260 e. The van der Waals surface area contributed by atoms with E-state index in [1.54, 1.807) is 18.5 Å². The molecule has 0 unspecified atom stereocenters. The standard InChI is InChI=1S/C11H18ClN3O3S/c1-9-13-10(7-15(9)2)19(16,17)14-11(8-12)3-5-18-6-4-11/h7,14H,3-6,8H2,1-2H3. The van der Waals surface area contributed by atoms with E-state index in [1.807, 2.05) is 0 Å². The van der Waals surface area contributed by atoms with Gasteiger partial charge in [-0.1, -0.05) is 0 Å². The Morgan fingerprint density at radius 3 is 2.63 bits per heavy atom. The molecule has 8 heteroatoms. The molecule has 0 atom stereocenters. The second-order valence-electron chi connectivity index (χ2n) is 4.87. The second kappa shape index (κ2) is 5.40. The molecule has 0 spiro atoms. The lowest BCUT2D eigenvalue weighted by atomic mass is 9.94. The summed E-state index contributed by atoms with van der Waals surface area (Å²) in [6, 6.07) is 0. The minimum atomic E-state index is -3.65. The monoisotopic (exact) mass is 307 g/mol. The van der Waals surface area contributed by atoms with Crippen LogP contribution in [0.1, 0.15) is 18.7 Å². The van der Waals surface area contributed by atoms with Crippen molar-refractivity contribution in [3.8, 4) is 0 Å². The molecule has 1 N–H and O–H groups in total. The molecule has 0 saturated carbocycles. The number of nitrogens with one attached hydrogen (secondary N) is 1. The van der Waals surface area contributed by atoms with Crippen molar-refractivity contribution in [2.24, 2.45) is 7.05 Å².